The Balaban J connectivity index is 1.38. The van der Waals surface area contributed by atoms with Gasteiger partial charge in [0.15, 0.2) is 0 Å². The first kappa shape index (κ1) is 25.3. The molecule has 2 aromatic rings. The lowest BCUT2D eigenvalue weighted by atomic mass is 9.83. The van der Waals surface area contributed by atoms with Crippen LogP contribution in [0.25, 0.3) is 10.9 Å². The SMILES string of the molecule is COC(=O)[C@H](C[C@@H]1CCCCC1=O)NC(=O)[C@@H]1[C@H]2CCC[C@H]2CN1C(=O)c1cc2c(OC)cccc2[nH]1. The van der Waals surface area contributed by atoms with Gasteiger partial charge >= 0.3 is 5.97 Å². The monoisotopic (exact) mass is 509 g/mol. The van der Waals surface area contributed by atoms with Crippen molar-refractivity contribution in [2.24, 2.45) is 17.8 Å². The second kappa shape index (κ2) is 10.6. The number of nitrogens with zero attached hydrogens (tertiary/aromatic N) is 1. The average molecular weight is 510 g/mol. The maximum Gasteiger partial charge on any atom is 0.328 e. The minimum Gasteiger partial charge on any atom is -0.496 e. The summed E-state index contributed by atoms with van der Waals surface area (Å²) in [7, 11) is 2.87. The average Bonchev–Trinajstić information content (AvgIpc) is 3.62. The highest BCUT2D eigenvalue weighted by Gasteiger charge is 2.50. The van der Waals surface area contributed by atoms with Crippen LogP contribution in [0, 0.1) is 17.8 Å². The Morgan fingerprint density at radius 2 is 1.97 bits per heavy atom. The summed E-state index contributed by atoms with van der Waals surface area (Å²) in [6, 6.07) is 5.75. The highest BCUT2D eigenvalue weighted by molar-refractivity contribution is 6.02. The molecule has 2 saturated carbocycles. The molecule has 1 aliphatic heterocycles. The number of H-pyrrole nitrogens is 1. The summed E-state index contributed by atoms with van der Waals surface area (Å²) in [6.45, 7) is 0.498. The molecular formula is C28H35N3O6. The van der Waals surface area contributed by atoms with Crippen LogP contribution in [0.1, 0.15) is 61.9 Å². The molecule has 3 fully saturated rings. The van der Waals surface area contributed by atoms with Gasteiger partial charge in [0, 0.05) is 29.8 Å². The molecule has 1 aromatic heterocycles. The fourth-order valence-electron chi connectivity index (χ4n) is 6.63. The summed E-state index contributed by atoms with van der Waals surface area (Å²) in [4.78, 5) is 57.3. The number of methoxy groups -OCH3 is 2. The van der Waals surface area contributed by atoms with E-state index >= 15 is 0 Å². The number of aromatic nitrogens is 1. The summed E-state index contributed by atoms with van der Waals surface area (Å²) < 4.78 is 10.4. The minimum absolute atomic E-state index is 0.0393. The Morgan fingerprint density at radius 1 is 1.14 bits per heavy atom. The summed E-state index contributed by atoms with van der Waals surface area (Å²) in [5.41, 5.74) is 1.18. The van der Waals surface area contributed by atoms with Crippen LogP contribution in [0.5, 0.6) is 5.75 Å². The highest BCUT2D eigenvalue weighted by Crippen LogP contribution is 2.43. The molecule has 37 heavy (non-hydrogen) atoms. The molecule has 5 rings (SSSR count). The van der Waals surface area contributed by atoms with E-state index in [1.54, 1.807) is 18.1 Å². The molecule has 5 atom stereocenters. The molecule has 0 spiro atoms. The third kappa shape index (κ3) is 4.83. The lowest BCUT2D eigenvalue weighted by Gasteiger charge is -2.30. The van der Waals surface area contributed by atoms with Crippen molar-refractivity contribution in [3.8, 4) is 5.75 Å². The summed E-state index contributed by atoms with van der Waals surface area (Å²) in [6.07, 6.45) is 6.10. The summed E-state index contributed by atoms with van der Waals surface area (Å²) >= 11 is 0. The summed E-state index contributed by atoms with van der Waals surface area (Å²) in [5.74, 6) is -0.336. The van der Waals surface area contributed by atoms with Crippen LogP contribution in [-0.4, -0.2) is 66.3 Å². The fourth-order valence-corrected chi connectivity index (χ4v) is 6.63. The molecule has 9 heteroatoms. The molecule has 0 radical (unpaired) electrons. The Kier molecular flexibility index (Phi) is 7.22. The van der Waals surface area contributed by atoms with Gasteiger partial charge in [0.05, 0.1) is 14.2 Å². The zero-order valence-electron chi connectivity index (χ0n) is 21.5. The van der Waals surface area contributed by atoms with Crippen molar-refractivity contribution in [2.75, 3.05) is 20.8 Å². The zero-order chi connectivity index (χ0) is 26.1. The molecular weight excluding hydrogens is 474 g/mol. The number of hydrogen-bond donors (Lipinski definition) is 2. The third-order valence-corrected chi connectivity index (χ3v) is 8.50. The minimum atomic E-state index is -0.917. The van der Waals surface area contributed by atoms with E-state index in [1.165, 1.54) is 7.11 Å². The lowest BCUT2D eigenvalue weighted by molar-refractivity contribution is -0.146. The smallest absolute Gasteiger partial charge is 0.328 e. The quantitative estimate of drug-likeness (QED) is 0.554. The first-order valence-electron chi connectivity index (χ1n) is 13.3. The number of esters is 1. The van der Waals surface area contributed by atoms with Gasteiger partial charge in [-0.1, -0.05) is 18.9 Å². The third-order valence-electron chi connectivity index (χ3n) is 8.50. The number of carbonyl (C=O) groups excluding carboxylic acids is 4. The number of Topliss-reactive ketones (excluding diaryl/α,β-unsaturated/α-hetero) is 1. The number of rotatable bonds is 7. The van der Waals surface area contributed by atoms with Gasteiger partial charge in [-0.2, -0.15) is 0 Å². The molecule has 2 aliphatic carbocycles. The largest absolute Gasteiger partial charge is 0.496 e. The number of hydrogen-bond acceptors (Lipinski definition) is 6. The van der Waals surface area contributed by atoms with E-state index in [1.807, 2.05) is 18.2 Å². The van der Waals surface area contributed by atoms with E-state index in [2.05, 4.69) is 10.3 Å². The van der Waals surface area contributed by atoms with Crippen molar-refractivity contribution in [1.29, 1.82) is 0 Å². The molecule has 0 bridgehead atoms. The predicted octanol–water partition coefficient (Wildman–Crippen LogP) is 3.22. The number of fused-ring (bicyclic) bond motifs is 2. The molecule has 2 amide bonds. The van der Waals surface area contributed by atoms with Crippen molar-refractivity contribution in [3.05, 3.63) is 30.0 Å². The van der Waals surface area contributed by atoms with E-state index in [4.69, 9.17) is 9.47 Å². The maximum atomic E-state index is 13.7. The Labute approximate surface area is 216 Å². The van der Waals surface area contributed by atoms with Crippen LogP contribution < -0.4 is 10.1 Å². The number of nitrogens with one attached hydrogen (secondary N) is 2. The van der Waals surface area contributed by atoms with Crippen LogP contribution in [-0.2, 0) is 19.1 Å². The molecule has 1 aromatic carbocycles. The normalized spacial score (nSPS) is 26.1. The fraction of sp³-hybridized carbons (Fsp3) is 0.571. The van der Waals surface area contributed by atoms with Gasteiger partial charge in [-0.3, -0.25) is 14.4 Å². The lowest BCUT2D eigenvalue weighted by Crippen LogP contribution is -2.53. The Bertz CT molecular complexity index is 1210. The number of benzene rings is 1. The molecule has 0 unspecified atom stereocenters. The number of ketones is 1. The van der Waals surface area contributed by atoms with Crippen molar-refractivity contribution < 1.29 is 28.7 Å². The number of aromatic amines is 1. The van der Waals surface area contributed by atoms with Crippen molar-refractivity contribution in [3.63, 3.8) is 0 Å². The van der Waals surface area contributed by atoms with Crippen molar-refractivity contribution >= 4 is 34.5 Å². The van der Waals surface area contributed by atoms with E-state index in [9.17, 15) is 19.2 Å². The standard InChI is InChI=1S/C28H35N3O6/c1-36-24-12-6-10-20-19(24)14-21(29-20)27(34)31-15-17-8-5-9-18(17)25(31)26(33)30-22(28(35)37-2)13-16-7-3-4-11-23(16)32/h6,10,12,14,16-18,22,25,29H,3-5,7-9,11,13,15H2,1-2H3,(H,30,33)/t16-,17-,18-,22-,25-/m0/s1. The van der Waals surface area contributed by atoms with Crippen LogP contribution in [0.3, 0.4) is 0 Å². The van der Waals surface area contributed by atoms with Gasteiger partial charge in [0.25, 0.3) is 5.91 Å². The predicted molar refractivity (Wildman–Crippen MR) is 136 cm³/mol. The van der Waals surface area contributed by atoms with E-state index in [0.29, 0.717) is 30.8 Å². The number of amides is 2. The second-order valence-electron chi connectivity index (χ2n) is 10.6. The van der Waals surface area contributed by atoms with Crippen LogP contribution in [0.2, 0.25) is 0 Å². The Hall–Kier alpha value is -3.36. The van der Waals surface area contributed by atoms with E-state index in [-0.39, 0.29) is 41.8 Å². The van der Waals surface area contributed by atoms with Crippen LogP contribution in [0.15, 0.2) is 24.3 Å². The Morgan fingerprint density at radius 3 is 2.73 bits per heavy atom. The summed E-state index contributed by atoms with van der Waals surface area (Å²) in [5, 5.41) is 3.68. The van der Waals surface area contributed by atoms with E-state index < -0.39 is 18.1 Å². The number of likely N-dealkylation sites (tertiary alicyclic amines) is 1. The number of carbonyl (C=O) groups is 4. The topological polar surface area (TPSA) is 118 Å². The van der Waals surface area contributed by atoms with E-state index in [0.717, 1.165) is 43.0 Å². The zero-order valence-corrected chi connectivity index (χ0v) is 21.5. The molecule has 9 nitrogen and oxygen atoms in total. The molecule has 1 saturated heterocycles. The first-order valence-corrected chi connectivity index (χ1v) is 13.3. The van der Waals surface area contributed by atoms with Crippen molar-refractivity contribution in [1.82, 2.24) is 15.2 Å². The van der Waals surface area contributed by atoms with Gasteiger partial charge in [-0.05, 0) is 62.1 Å². The molecule has 198 valence electrons. The maximum absolute atomic E-state index is 13.7. The van der Waals surface area contributed by atoms with Crippen molar-refractivity contribution in [2.45, 2.75) is 63.5 Å². The van der Waals surface area contributed by atoms with Gasteiger partial charge in [-0.25, -0.2) is 4.79 Å². The first-order chi connectivity index (χ1) is 17.9. The van der Waals surface area contributed by atoms with Crippen LogP contribution >= 0.6 is 0 Å². The van der Waals surface area contributed by atoms with Gasteiger partial charge in [-0.15, -0.1) is 0 Å². The molecule has 2 N–H and O–H groups in total. The second-order valence-corrected chi connectivity index (χ2v) is 10.6. The van der Waals surface area contributed by atoms with Gasteiger partial charge < -0.3 is 24.7 Å². The number of ether oxygens (including phenoxy) is 2. The van der Waals surface area contributed by atoms with Gasteiger partial charge in [0.1, 0.15) is 29.3 Å². The van der Waals surface area contributed by atoms with Gasteiger partial charge in [0.2, 0.25) is 5.91 Å². The molecule has 2 heterocycles. The highest BCUT2D eigenvalue weighted by atomic mass is 16.5. The molecule has 3 aliphatic rings. The van der Waals surface area contributed by atoms with Crippen LogP contribution in [0.4, 0.5) is 0 Å².